The average Bonchev–Trinajstić information content (AvgIpc) is 3.13. The van der Waals surface area contributed by atoms with Gasteiger partial charge in [-0.25, -0.2) is 0 Å². The molecule has 1 aromatic rings. The Balaban J connectivity index is 1.64. The van der Waals surface area contributed by atoms with Crippen molar-refractivity contribution in [2.45, 2.75) is 52.0 Å². The SMILES string of the molecule is CC(C)CCCNCc1ccc(C2CC2)cc1. The van der Waals surface area contributed by atoms with Gasteiger partial charge in [-0.15, -0.1) is 0 Å². The zero-order valence-corrected chi connectivity index (χ0v) is 11.2. The highest BCUT2D eigenvalue weighted by molar-refractivity contribution is 5.27. The van der Waals surface area contributed by atoms with Gasteiger partial charge in [0.25, 0.3) is 0 Å². The van der Waals surface area contributed by atoms with Crippen molar-refractivity contribution in [1.29, 1.82) is 0 Å². The molecule has 0 spiro atoms. The van der Waals surface area contributed by atoms with E-state index in [-0.39, 0.29) is 0 Å². The normalized spacial score (nSPS) is 15.5. The lowest BCUT2D eigenvalue weighted by atomic mass is 10.1. The Morgan fingerprint density at radius 2 is 1.88 bits per heavy atom. The lowest BCUT2D eigenvalue weighted by Gasteiger charge is -2.07. The summed E-state index contributed by atoms with van der Waals surface area (Å²) in [6, 6.07) is 9.18. The number of hydrogen-bond acceptors (Lipinski definition) is 1. The van der Waals surface area contributed by atoms with E-state index in [0.717, 1.165) is 24.9 Å². The van der Waals surface area contributed by atoms with Gasteiger partial charge in [-0.3, -0.25) is 0 Å². The van der Waals surface area contributed by atoms with Crippen LogP contribution in [-0.2, 0) is 6.54 Å². The quantitative estimate of drug-likeness (QED) is 0.697. The van der Waals surface area contributed by atoms with Crippen LogP contribution in [0.3, 0.4) is 0 Å². The van der Waals surface area contributed by atoms with E-state index in [2.05, 4.69) is 43.4 Å². The van der Waals surface area contributed by atoms with Gasteiger partial charge in [-0.05, 0) is 55.2 Å². The first-order chi connectivity index (χ1) is 8.25. The molecule has 94 valence electrons. The van der Waals surface area contributed by atoms with Crippen LogP contribution in [0.5, 0.6) is 0 Å². The molecule has 1 aliphatic rings. The maximum atomic E-state index is 3.52. The van der Waals surface area contributed by atoms with E-state index in [1.807, 2.05) is 0 Å². The molecule has 17 heavy (non-hydrogen) atoms. The van der Waals surface area contributed by atoms with Gasteiger partial charge in [0.1, 0.15) is 0 Å². The monoisotopic (exact) mass is 231 g/mol. The second-order valence-electron chi connectivity index (χ2n) is 5.73. The molecule has 1 nitrogen and oxygen atoms in total. The fourth-order valence-corrected chi connectivity index (χ4v) is 2.19. The molecule has 0 radical (unpaired) electrons. The van der Waals surface area contributed by atoms with Crippen LogP contribution in [0.15, 0.2) is 24.3 Å². The number of nitrogens with one attached hydrogen (secondary N) is 1. The third-order valence-electron chi connectivity index (χ3n) is 3.49. The molecule has 1 aliphatic carbocycles. The van der Waals surface area contributed by atoms with Crippen molar-refractivity contribution in [1.82, 2.24) is 5.32 Å². The van der Waals surface area contributed by atoms with Crippen LogP contribution in [-0.4, -0.2) is 6.54 Å². The molecular weight excluding hydrogens is 206 g/mol. The van der Waals surface area contributed by atoms with Crippen LogP contribution in [0.2, 0.25) is 0 Å². The maximum Gasteiger partial charge on any atom is 0.0205 e. The predicted octanol–water partition coefficient (Wildman–Crippen LogP) is 4.09. The van der Waals surface area contributed by atoms with Gasteiger partial charge in [0, 0.05) is 6.54 Å². The van der Waals surface area contributed by atoms with Gasteiger partial charge in [0.05, 0.1) is 0 Å². The summed E-state index contributed by atoms with van der Waals surface area (Å²) in [5.74, 6) is 1.71. The van der Waals surface area contributed by atoms with Crippen molar-refractivity contribution in [2.75, 3.05) is 6.54 Å². The third kappa shape index (κ3) is 4.51. The Labute approximate surface area is 106 Å². The molecule has 0 saturated heterocycles. The summed E-state index contributed by atoms with van der Waals surface area (Å²) in [7, 11) is 0. The lowest BCUT2D eigenvalue weighted by Crippen LogP contribution is -2.15. The topological polar surface area (TPSA) is 12.0 Å². The van der Waals surface area contributed by atoms with Gasteiger partial charge in [0.2, 0.25) is 0 Å². The van der Waals surface area contributed by atoms with Gasteiger partial charge < -0.3 is 5.32 Å². The largest absolute Gasteiger partial charge is 0.313 e. The number of rotatable bonds is 7. The summed E-state index contributed by atoms with van der Waals surface area (Å²) in [5.41, 5.74) is 2.95. The Kier molecular flexibility index (Phi) is 4.61. The molecule has 0 aromatic heterocycles. The molecule has 1 aromatic carbocycles. The molecule has 0 unspecified atom stereocenters. The first-order valence-corrected chi connectivity index (χ1v) is 7.05. The van der Waals surface area contributed by atoms with E-state index in [4.69, 9.17) is 0 Å². The molecule has 1 N–H and O–H groups in total. The van der Waals surface area contributed by atoms with E-state index >= 15 is 0 Å². The summed E-state index contributed by atoms with van der Waals surface area (Å²) in [6.45, 7) is 6.73. The maximum absolute atomic E-state index is 3.52. The summed E-state index contributed by atoms with van der Waals surface area (Å²) < 4.78 is 0. The fraction of sp³-hybridized carbons (Fsp3) is 0.625. The molecule has 0 bridgehead atoms. The van der Waals surface area contributed by atoms with Crippen LogP contribution in [0, 0.1) is 5.92 Å². The van der Waals surface area contributed by atoms with Crippen molar-refractivity contribution < 1.29 is 0 Å². The van der Waals surface area contributed by atoms with Crippen LogP contribution in [0.4, 0.5) is 0 Å². The Morgan fingerprint density at radius 3 is 2.47 bits per heavy atom. The van der Waals surface area contributed by atoms with Crippen molar-refractivity contribution in [3.63, 3.8) is 0 Å². The van der Waals surface area contributed by atoms with Crippen molar-refractivity contribution in [3.8, 4) is 0 Å². The van der Waals surface area contributed by atoms with E-state index in [9.17, 15) is 0 Å². The molecule has 1 saturated carbocycles. The number of hydrogen-bond donors (Lipinski definition) is 1. The highest BCUT2D eigenvalue weighted by Gasteiger charge is 2.22. The van der Waals surface area contributed by atoms with Crippen LogP contribution >= 0.6 is 0 Å². The summed E-state index contributed by atoms with van der Waals surface area (Å²) in [4.78, 5) is 0. The second kappa shape index (κ2) is 6.20. The van der Waals surface area contributed by atoms with Crippen molar-refractivity contribution in [3.05, 3.63) is 35.4 Å². The van der Waals surface area contributed by atoms with E-state index in [1.165, 1.54) is 36.8 Å². The lowest BCUT2D eigenvalue weighted by molar-refractivity contribution is 0.527. The van der Waals surface area contributed by atoms with Crippen molar-refractivity contribution >= 4 is 0 Å². The molecule has 0 amide bonds. The number of benzene rings is 1. The zero-order valence-electron chi connectivity index (χ0n) is 11.2. The third-order valence-corrected chi connectivity index (χ3v) is 3.49. The molecule has 1 heteroatoms. The highest BCUT2D eigenvalue weighted by Crippen LogP contribution is 2.39. The standard InChI is InChI=1S/C16H25N/c1-13(2)4-3-11-17-12-14-5-7-15(8-6-14)16-9-10-16/h5-8,13,16-17H,3-4,9-12H2,1-2H3. The molecule has 1 fully saturated rings. The predicted molar refractivity (Wildman–Crippen MR) is 74.2 cm³/mol. The highest BCUT2D eigenvalue weighted by atomic mass is 14.8. The van der Waals surface area contributed by atoms with Crippen LogP contribution in [0.25, 0.3) is 0 Å². The molecule has 0 aliphatic heterocycles. The minimum absolute atomic E-state index is 0.828. The van der Waals surface area contributed by atoms with Gasteiger partial charge >= 0.3 is 0 Å². The summed E-state index contributed by atoms with van der Waals surface area (Å²) in [5, 5.41) is 3.52. The Morgan fingerprint density at radius 1 is 1.18 bits per heavy atom. The van der Waals surface area contributed by atoms with E-state index in [0.29, 0.717) is 0 Å². The summed E-state index contributed by atoms with van der Waals surface area (Å²) >= 11 is 0. The smallest absolute Gasteiger partial charge is 0.0205 e. The molecule has 2 rings (SSSR count). The Hall–Kier alpha value is -0.820. The minimum atomic E-state index is 0.828. The zero-order chi connectivity index (χ0) is 12.1. The molecule has 0 atom stereocenters. The average molecular weight is 231 g/mol. The second-order valence-corrected chi connectivity index (χ2v) is 5.73. The van der Waals surface area contributed by atoms with E-state index < -0.39 is 0 Å². The first kappa shape index (κ1) is 12.6. The van der Waals surface area contributed by atoms with Crippen LogP contribution in [0.1, 0.15) is 56.6 Å². The molecular formula is C16H25N. The van der Waals surface area contributed by atoms with Crippen LogP contribution < -0.4 is 5.32 Å². The first-order valence-electron chi connectivity index (χ1n) is 7.05. The van der Waals surface area contributed by atoms with Crippen molar-refractivity contribution in [2.24, 2.45) is 5.92 Å². The minimum Gasteiger partial charge on any atom is -0.313 e. The van der Waals surface area contributed by atoms with Gasteiger partial charge in [-0.2, -0.15) is 0 Å². The van der Waals surface area contributed by atoms with Gasteiger partial charge in [-0.1, -0.05) is 38.1 Å². The van der Waals surface area contributed by atoms with E-state index in [1.54, 1.807) is 0 Å². The fourth-order valence-electron chi connectivity index (χ4n) is 2.19. The molecule has 0 heterocycles. The summed E-state index contributed by atoms with van der Waals surface area (Å²) in [6.07, 6.45) is 5.41. The van der Waals surface area contributed by atoms with Gasteiger partial charge in [0.15, 0.2) is 0 Å². The Bertz CT molecular complexity index is 322.